The molecule has 0 aromatic carbocycles. The van der Waals surface area contributed by atoms with Gasteiger partial charge in [-0.25, -0.2) is 0 Å². The van der Waals surface area contributed by atoms with E-state index in [1.807, 2.05) is 0 Å². The molecule has 1 aliphatic carbocycles. The van der Waals surface area contributed by atoms with Gasteiger partial charge in [-0.3, -0.25) is 9.98 Å². The molecule has 0 aromatic heterocycles. The van der Waals surface area contributed by atoms with E-state index in [2.05, 4.69) is 23.4 Å². The zero-order valence-electron chi connectivity index (χ0n) is 6.29. The van der Waals surface area contributed by atoms with Gasteiger partial charge in [0.05, 0.1) is 0 Å². The molecule has 0 amide bonds. The lowest BCUT2D eigenvalue weighted by molar-refractivity contribution is 0.400. The van der Waals surface area contributed by atoms with Crippen LogP contribution in [-0.2, 0) is 0 Å². The SMILES string of the molecule is C=NC1CCC(N=C)CC1. The minimum Gasteiger partial charge on any atom is -0.298 e. The van der Waals surface area contributed by atoms with Crippen molar-refractivity contribution in [3.8, 4) is 0 Å². The maximum absolute atomic E-state index is 4.00. The second-order valence-electron chi connectivity index (χ2n) is 2.83. The van der Waals surface area contributed by atoms with Gasteiger partial charge in [0.1, 0.15) is 0 Å². The summed E-state index contributed by atoms with van der Waals surface area (Å²) in [4.78, 5) is 8.01. The third kappa shape index (κ3) is 1.66. The molecule has 0 heterocycles. The topological polar surface area (TPSA) is 24.7 Å². The molecule has 56 valence electrons. The lowest BCUT2D eigenvalue weighted by Crippen LogP contribution is -2.18. The molecule has 1 aliphatic rings. The highest BCUT2D eigenvalue weighted by Crippen LogP contribution is 2.22. The summed E-state index contributed by atoms with van der Waals surface area (Å²) < 4.78 is 0. The fraction of sp³-hybridized carbons (Fsp3) is 0.750. The Morgan fingerprint density at radius 3 is 1.30 bits per heavy atom. The molecular weight excluding hydrogens is 124 g/mol. The first-order valence-corrected chi connectivity index (χ1v) is 3.78. The number of nitrogens with zero attached hydrogens (tertiary/aromatic N) is 2. The van der Waals surface area contributed by atoms with Gasteiger partial charge in [-0.05, 0) is 39.1 Å². The molecule has 0 spiro atoms. The molecule has 0 unspecified atom stereocenters. The largest absolute Gasteiger partial charge is 0.298 e. The molecule has 0 bridgehead atoms. The van der Waals surface area contributed by atoms with Gasteiger partial charge >= 0.3 is 0 Å². The highest BCUT2D eigenvalue weighted by atomic mass is 14.8. The molecule has 2 heteroatoms. The Hall–Kier alpha value is -0.660. The van der Waals surface area contributed by atoms with Crippen molar-refractivity contribution in [1.82, 2.24) is 0 Å². The van der Waals surface area contributed by atoms with Crippen molar-refractivity contribution >= 4 is 13.4 Å². The van der Waals surface area contributed by atoms with Gasteiger partial charge in [-0.2, -0.15) is 0 Å². The molecule has 0 N–H and O–H groups in total. The Morgan fingerprint density at radius 1 is 0.800 bits per heavy atom. The minimum atomic E-state index is 0.498. The Balaban J connectivity index is 2.30. The zero-order valence-corrected chi connectivity index (χ0v) is 6.29. The van der Waals surface area contributed by atoms with Crippen LogP contribution in [-0.4, -0.2) is 25.5 Å². The van der Waals surface area contributed by atoms with E-state index in [1.54, 1.807) is 0 Å². The number of hydrogen-bond donors (Lipinski definition) is 0. The van der Waals surface area contributed by atoms with Gasteiger partial charge in [0.25, 0.3) is 0 Å². The molecule has 0 aromatic rings. The van der Waals surface area contributed by atoms with Crippen LogP contribution in [0.3, 0.4) is 0 Å². The fourth-order valence-electron chi connectivity index (χ4n) is 1.42. The predicted octanol–water partition coefficient (Wildman–Crippen LogP) is 1.70. The summed E-state index contributed by atoms with van der Waals surface area (Å²) >= 11 is 0. The monoisotopic (exact) mass is 138 g/mol. The van der Waals surface area contributed by atoms with E-state index in [4.69, 9.17) is 0 Å². The van der Waals surface area contributed by atoms with Crippen LogP contribution in [0.5, 0.6) is 0 Å². The summed E-state index contributed by atoms with van der Waals surface area (Å²) in [5.41, 5.74) is 0. The quantitative estimate of drug-likeness (QED) is 0.519. The van der Waals surface area contributed by atoms with E-state index in [0.717, 1.165) is 25.7 Å². The van der Waals surface area contributed by atoms with Crippen molar-refractivity contribution in [2.45, 2.75) is 37.8 Å². The first-order valence-electron chi connectivity index (χ1n) is 3.78. The summed E-state index contributed by atoms with van der Waals surface area (Å²) in [6.07, 6.45) is 4.58. The van der Waals surface area contributed by atoms with E-state index in [0.29, 0.717) is 12.1 Å². The first-order chi connectivity index (χ1) is 4.86. The third-order valence-electron chi connectivity index (χ3n) is 2.18. The van der Waals surface area contributed by atoms with E-state index >= 15 is 0 Å². The van der Waals surface area contributed by atoms with Crippen LogP contribution in [0.4, 0.5) is 0 Å². The zero-order chi connectivity index (χ0) is 7.40. The highest BCUT2D eigenvalue weighted by Gasteiger charge is 2.17. The summed E-state index contributed by atoms with van der Waals surface area (Å²) in [6.45, 7) is 7.08. The lowest BCUT2D eigenvalue weighted by atomic mass is 9.92. The van der Waals surface area contributed by atoms with E-state index in [9.17, 15) is 0 Å². The molecule has 0 radical (unpaired) electrons. The van der Waals surface area contributed by atoms with Gasteiger partial charge in [-0.1, -0.05) is 0 Å². The average molecular weight is 138 g/mol. The Kier molecular flexibility index (Phi) is 2.60. The Bertz CT molecular complexity index is 107. The van der Waals surface area contributed by atoms with E-state index in [1.165, 1.54) is 0 Å². The highest BCUT2D eigenvalue weighted by molar-refractivity contribution is 5.25. The molecule has 2 nitrogen and oxygen atoms in total. The van der Waals surface area contributed by atoms with Crippen LogP contribution in [0.25, 0.3) is 0 Å². The first kappa shape index (κ1) is 7.45. The van der Waals surface area contributed by atoms with Crippen LogP contribution in [0.2, 0.25) is 0 Å². The molecule has 1 rings (SSSR count). The molecule has 0 aliphatic heterocycles. The maximum atomic E-state index is 4.00. The molecule has 10 heavy (non-hydrogen) atoms. The van der Waals surface area contributed by atoms with Crippen LogP contribution in [0.15, 0.2) is 9.98 Å². The molecule has 1 fully saturated rings. The average Bonchev–Trinajstić information content (AvgIpc) is 2.05. The van der Waals surface area contributed by atoms with Gasteiger partial charge in [0.15, 0.2) is 0 Å². The van der Waals surface area contributed by atoms with Crippen LogP contribution >= 0.6 is 0 Å². The van der Waals surface area contributed by atoms with Crippen molar-refractivity contribution in [2.75, 3.05) is 0 Å². The second-order valence-corrected chi connectivity index (χ2v) is 2.83. The van der Waals surface area contributed by atoms with Crippen LogP contribution < -0.4 is 0 Å². The van der Waals surface area contributed by atoms with Crippen molar-refractivity contribution in [3.05, 3.63) is 0 Å². The molecule has 0 saturated heterocycles. The second kappa shape index (κ2) is 3.49. The van der Waals surface area contributed by atoms with Crippen molar-refractivity contribution in [1.29, 1.82) is 0 Å². The minimum absolute atomic E-state index is 0.498. The predicted molar refractivity (Wildman–Crippen MR) is 45.1 cm³/mol. The lowest BCUT2D eigenvalue weighted by Gasteiger charge is -2.22. The van der Waals surface area contributed by atoms with Crippen molar-refractivity contribution in [3.63, 3.8) is 0 Å². The van der Waals surface area contributed by atoms with E-state index < -0.39 is 0 Å². The van der Waals surface area contributed by atoms with Crippen molar-refractivity contribution in [2.24, 2.45) is 9.98 Å². The summed E-state index contributed by atoms with van der Waals surface area (Å²) in [6, 6.07) is 0.996. The van der Waals surface area contributed by atoms with Gasteiger partial charge < -0.3 is 0 Å². The van der Waals surface area contributed by atoms with Crippen molar-refractivity contribution < 1.29 is 0 Å². The number of hydrogen-bond acceptors (Lipinski definition) is 2. The number of rotatable bonds is 2. The Labute approximate surface area is 62.1 Å². The van der Waals surface area contributed by atoms with E-state index in [-0.39, 0.29) is 0 Å². The van der Waals surface area contributed by atoms with Crippen LogP contribution in [0, 0.1) is 0 Å². The summed E-state index contributed by atoms with van der Waals surface area (Å²) in [5, 5.41) is 0. The smallest absolute Gasteiger partial charge is 0.0494 e. The summed E-state index contributed by atoms with van der Waals surface area (Å²) in [5.74, 6) is 0. The molecule has 1 saturated carbocycles. The Morgan fingerprint density at radius 2 is 1.10 bits per heavy atom. The summed E-state index contributed by atoms with van der Waals surface area (Å²) in [7, 11) is 0. The molecular formula is C8H14N2. The normalized spacial score (nSPS) is 33.2. The van der Waals surface area contributed by atoms with Gasteiger partial charge in [-0.15, -0.1) is 0 Å². The standard InChI is InChI=1S/C8H14N2/c1-9-7-3-5-8(10-2)6-4-7/h7-8H,1-6H2. The van der Waals surface area contributed by atoms with Gasteiger partial charge in [0.2, 0.25) is 0 Å². The van der Waals surface area contributed by atoms with Gasteiger partial charge in [0, 0.05) is 12.1 Å². The molecule has 0 atom stereocenters. The maximum Gasteiger partial charge on any atom is 0.0494 e. The third-order valence-corrected chi connectivity index (χ3v) is 2.18. The van der Waals surface area contributed by atoms with Crippen LogP contribution in [0.1, 0.15) is 25.7 Å². The number of aliphatic imine (C=N–C) groups is 2. The fourth-order valence-corrected chi connectivity index (χ4v) is 1.42.